The highest BCUT2D eigenvalue weighted by Crippen LogP contribution is 2.30. The van der Waals surface area contributed by atoms with Crippen molar-refractivity contribution in [3.63, 3.8) is 0 Å². The molecule has 0 unspecified atom stereocenters. The number of carbonyl (C=O) groups excluding carboxylic acids is 1. The number of nitrogens with one attached hydrogen (secondary N) is 1. The molecule has 1 fully saturated rings. The molecular formula is C15H19N3O7S. The van der Waals surface area contributed by atoms with Crippen LogP contribution in [0.5, 0.6) is 0 Å². The maximum absolute atomic E-state index is 12.4. The second kappa shape index (κ2) is 6.65. The van der Waals surface area contributed by atoms with Crippen molar-refractivity contribution in [2.45, 2.75) is 37.2 Å². The molecule has 1 heterocycles. The fourth-order valence-corrected chi connectivity index (χ4v) is 4.24. The lowest BCUT2D eigenvalue weighted by Crippen LogP contribution is -2.75. The summed E-state index contributed by atoms with van der Waals surface area (Å²) < 4.78 is 27.2. The molecule has 10 nitrogen and oxygen atoms in total. The average Bonchev–Trinajstić information content (AvgIpc) is 2.53. The molecule has 2 N–H and O–H groups in total. The van der Waals surface area contributed by atoms with Crippen LogP contribution in [0.3, 0.4) is 0 Å². The Morgan fingerprint density at radius 2 is 1.88 bits per heavy atom. The zero-order valence-corrected chi connectivity index (χ0v) is 15.2. The van der Waals surface area contributed by atoms with Crippen molar-refractivity contribution in [2.24, 2.45) is 5.92 Å². The first kappa shape index (κ1) is 19.8. The highest BCUT2D eigenvalue weighted by Gasteiger charge is 2.54. The molecule has 0 bridgehead atoms. The minimum absolute atomic E-state index is 0.0901. The van der Waals surface area contributed by atoms with E-state index in [1.54, 1.807) is 13.8 Å². The van der Waals surface area contributed by atoms with E-state index in [2.05, 4.69) is 4.72 Å². The third-order valence-corrected chi connectivity index (χ3v) is 5.77. The van der Waals surface area contributed by atoms with E-state index in [-0.39, 0.29) is 23.0 Å². The van der Waals surface area contributed by atoms with Crippen LogP contribution < -0.4 is 4.72 Å². The number of rotatable bonds is 7. The molecule has 142 valence electrons. The Kier molecular flexibility index (Phi) is 5.06. The molecule has 11 heteroatoms. The van der Waals surface area contributed by atoms with Gasteiger partial charge in [-0.05, 0) is 25.0 Å². The normalized spacial score (nSPS) is 21.4. The van der Waals surface area contributed by atoms with Crippen LogP contribution in [0.15, 0.2) is 29.2 Å². The summed E-state index contributed by atoms with van der Waals surface area (Å²) in [5.74, 6) is -2.13. The van der Waals surface area contributed by atoms with Crippen LogP contribution in [0.25, 0.3) is 0 Å². The lowest BCUT2D eigenvalue weighted by molar-refractivity contribution is -0.384. The summed E-state index contributed by atoms with van der Waals surface area (Å²) >= 11 is 0. The summed E-state index contributed by atoms with van der Waals surface area (Å²) in [6.45, 7) is 4.59. The number of carboxylic acid groups (broad SMARTS) is 1. The molecule has 0 saturated carbocycles. The van der Waals surface area contributed by atoms with Gasteiger partial charge in [0.1, 0.15) is 11.6 Å². The highest BCUT2D eigenvalue weighted by molar-refractivity contribution is 7.89. The van der Waals surface area contributed by atoms with Crippen LogP contribution in [0.4, 0.5) is 5.69 Å². The first-order valence-electron chi connectivity index (χ1n) is 7.71. The number of amides is 1. The van der Waals surface area contributed by atoms with Gasteiger partial charge in [-0.15, -0.1) is 0 Å². The Hall–Kier alpha value is -2.53. The molecule has 0 spiro atoms. The number of β-lactam (4-membered cyclic amide) rings is 1. The number of nitrogens with zero attached hydrogens (tertiary/aromatic N) is 2. The summed E-state index contributed by atoms with van der Waals surface area (Å²) in [6.07, 6.45) is 0. The summed E-state index contributed by atoms with van der Waals surface area (Å²) in [4.78, 5) is 34.6. The number of nitro groups is 1. The molecule has 2 atom stereocenters. The fourth-order valence-electron chi connectivity index (χ4n) is 2.89. The van der Waals surface area contributed by atoms with E-state index in [4.69, 9.17) is 0 Å². The summed E-state index contributed by atoms with van der Waals surface area (Å²) in [5, 5.41) is 19.9. The Bertz CT molecular complexity index is 850. The van der Waals surface area contributed by atoms with Crippen molar-refractivity contribution in [2.75, 3.05) is 6.54 Å². The van der Waals surface area contributed by atoms with Crippen molar-refractivity contribution in [1.29, 1.82) is 0 Å². The van der Waals surface area contributed by atoms with Crippen LogP contribution in [0.2, 0.25) is 0 Å². The molecule has 0 radical (unpaired) electrons. The predicted octanol–water partition coefficient (Wildman–Crippen LogP) is 0.583. The molecule has 1 saturated heterocycles. The molecule has 0 aliphatic carbocycles. The third-order valence-electron chi connectivity index (χ3n) is 4.16. The summed E-state index contributed by atoms with van der Waals surface area (Å²) in [5.41, 5.74) is -1.73. The van der Waals surface area contributed by atoms with Gasteiger partial charge in [-0.3, -0.25) is 14.9 Å². The number of carboxylic acids is 1. The van der Waals surface area contributed by atoms with Gasteiger partial charge in [0.15, 0.2) is 0 Å². The zero-order valence-electron chi connectivity index (χ0n) is 14.4. The number of carbonyl (C=O) groups is 2. The average molecular weight is 385 g/mol. The maximum Gasteiger partial charge on any atom is 0.326 e. The second-order valence-electron chi connectivity index (χ2n) is 6.65. The maximum atomic E-state index is 12.4. The van der Waals surface area contributed by atoms with Crippen LogP contribution in [-0.2, 0) is 19.6 Å². The molecule has 26 heavy (non-hydrogen) atoms. The standard InChI is InChI=1S/C15H19N3O7S/c1-9(2)12(13(19)20)17-8-15(3,14(17)21)16-26(24,25)11-6-4-10(5-7-11)18(22)23/h4-7,9,12,16H,8H2,1-3H3,(H,19,20)/t12-,15+/m0/s1. The minimum atomic E-state index is -4.11. The Balaban J connectivity index is 2.18. The zero-order chi connectivity index (χ0) is 19.9. The Morgan fingerprint density at radius 1 is 1.35 bits per heavy atom. The topological polar surface area (TPSA) is 147 Å². The van der Waals surface area contributed by atoms with Crippen LogP contribution >= 0.6 is 0 Å². The summed E-state index contributed by atoms with van der Waals surface area (Å²) in [7, 11) is -4.11. The number of sulfonamides is 1. The molecule has 2 rings (SSSR count). The van der Waals surface area contributed by atoms with Gasteiger partial charge in [-0.25, -0.2) is 13.2 Å². The lowest BCUT2D eigenvalue weighted by Gasteiger charge is -2.49. The minimum Gasteiger partial charge on any atom is -0.480 e. The van der Waals surface area contributed by atoms with E-state index in [1.807, 2.05) is 0 Å². The number of nitro benzene ring substituents is 1. The van der Waals surface area contributed by atoms with Gasteiger partial charge >= 0.3 is 5.97 Å². The molecule has 1 aromatic carbocycles. The number of hydrogen-bond donors (Lipinski definition) is 2. The number of hydrogen-bond acceptors (Lipinski definition) is 6. The first-order chi connectivity index (χ1) is 11.9. The van der Waals surface area contributed by atoms with E-state index in [0.717, 1.165) is 29.2 Å². The monoisotopic (exact) mass is 385 g/mol. The quantitative estimate of drug-likeness (QED) is 0.396. The first-order valence-corrected chi connectivity index (χ1v) is 9.20. The molecular weight excluding hydrogens is 366 g/mol. The van der Waals surface area contributed by atoms with Gasteiger partial charge in [-0.2, -0.15) is 4.72 Å². The third kappa shape index (κ3) is 3.53. The molecule has 1 amide bonds. The lowest BCUT2D eigenvalue weighted by atomic mass is 9.87. The Labute approximate surface area is 150 Å². The highest BCUT2D eigenvalue weighted by atomic mass is 32.2. The number of non-ortho nitro benzene ring substituents is 1. The van der Waals surface area contributed by atoms with E-state index in [1.165, 1.54) is 6.92 Å². The van der Waals surface area contributed by atoms with Gasteiger partial charge in [-0.1, -0.05) is 13.8 Å². The van der Waals surface area contributed by atoms with Gasteiger partial charge in [0.2, 0.25) is 15.9 Å². The fraction of sp³-hybridized carbons (Fsp3) is 0.467. The summed E-state index contributed by atoms with van der Waals surface area (Å²) in [6, 6.07) is 3.19. The van der Waals surface area contributed by atoms with Crippen molar-refractivity contribution in [1.82, 2.24) is 9.62 Å². The van der Waals surface area contributed by atoms with Crippen LogP contribution in [0.1, 0.15) is 20.8 Å². The Morgan fingerprint density at radius 3 is 2.27 bits per heavy atom. The SMILES string of the molecule is CC(C)[C@@H](C(=O)O)N1C[C@@](C)(NS(=O)(=O)c2ccc([N+](=O)[O-])cc2)C1=O. The number of aliphatic carboxylic acids is 1. The van der Waals surface area contributed by atoms with E-state index < -0.39 is 38.4 Å². The van der Waals surface area contributed by atoms with Crippen molar-refractivity contribution < 1.29 is 28.0 Å². The van der Waals surface area contributed by atoms with Gasteiger partial charge in [0, 0.05) is 18.7 Å². The van der Waals surface area contributed by atoms with Crippen molar-refractivity contribution in [3.05, 3.63) is 34.4 Å². The smallest absolute Gasteiger partial charge is 0.326 e. The van der Waals surface area contributed by atoms with Crippen molar-refractivity contribution in [3.8, 4) is 0 Å². The number of likely N-dealkylation sites (tertiary alicyclic amines) is 1. The van der Waals surface area contributed by atoms with E-state index in [0.29, 0.717) is 0 Å². The van der Waals surface area contributed by atoms with Gasteiger partial charge < -0.3 is 10.0 Å². The molecule has 1 aliphatic heterocycles. The van der Waals surface area contributed by atoms with Gasteiger partial charge in [0.25, 0.3) is 5.69 Å². The molecule has 1 aliphatic rings. The number of benzene rings is 1. The van der Waals surface area contributed by atoms with E-state index in [9.17, 15) is 33.2 Å². The largest absolute Gasteiger partial charge is 0.480 e. The van der Waals surface area contributed by atoms with Gasteiger partial charge in [0.05, 0.1) is 9.82 Å². The van der Waals surface area contributed by atoms with Crippen LogP contribution in [0, 0.1) is 16.0 Å². The molecule has 1 aromatic rings. The van der Waals surface area contributed by atoms with Crippen LogP contribution in [-0.4, -0.2) is 53.3 Å². The van der Waals surface area contributed by atoms with Crippen molar-refractivity contribution >= 4 is 27.6 Å². The molecule has 0 aromatic heterocycles. The predicted molar refractivity (Wildman–Crippen MR) is 89.8 cm³/mol. The van der Waals surface area contributed by atoms with E-state index >= 15 is 0 Å². The second-order valence-corrected chi connectivity index (χ2v) is 8.33.